The van der Waals surface area contributed by atoms with Gasteiger partial charge in [0.05, 0.1) is 21.8 Å². The number of nitrogens with zero attached hydrogens (tertiary/aromatic N) is 1. The van der Waals surface area contributed by atoms with Gasteiger partial charge in [0.1, 0.15) is 0 Å². The number of fused-ring (bicyclic) bond motifs is 1. The van der Waals surface area contributed by atoms with Crippen LogP contribution in [0.25, 0.3) is 10.2 Å². The molecule has 0 aliphatic heterocycles. The van der Waals surface area contributed by atoms with Crippen molar-refractivity contribution in [2.75, 3.05) is 13.2 Å². The molecule has 0 saturated heterocycles. The Morgan fingerprint density at radius 3 is 2.39 bits per heavy atom. The zero-order valence-electron chi connectivity index (χ0n) is 15.4. The standard InChI is InChI=1S/C20H21N3O4S/c1-2-26-15-8-4-5-9-16(15)27-13-19(25)23-22-18(24)11-12-20-21-14-7-3-6-10-17(14)28-20/h3-10H,2,11-13H2,1H3,(H,22,24)(H,23,25). The lowest BCUT2D eigenvalue weighted by molar-refractivity contribution is -0.130. The second-order valence-electron chi connectivity index (χ2n) is 5.84. The minimum Gasteiger partial charge on any atom is -0.490 e. The number of hydrogen-bond acceptors (Lipinski definition) is 6. The molecule has 0 atom stereocenters. The van der Waals surface area contributed by atoms with Gasteiger partial charge < -0.3 is 9.47 Å². The summed E-state index contributed by atoms with van der Waals surface area (Å²) in [6, 6.07) is 14.9. The Hall–Kier alpha value is -3.13. The summed E-state index contributed by atoms with van der Waals surface area (Å²) in [5, 5.41) is 0.888. The summed E-state index contributed by atoms with van der Waals surface area (Å²) in [5.74, 6) is 0.293. The normalized spacial score (nSPS) is 10.5. The molecule has 146 valence electrons. The fraction of sp³-hybridized carbons (Fsp3) is 0.250. The van der Waals surface area contributed by atoms with Crippen LogP contribution in [-0.4, -0.2) is 30.0 Å². The Balaban J connectivity index is 1.40. The highest BCUT2D eigenvalue weighted by Crippen LogP contribution is 2.26. The fourth-order valence-electron chi connectivity index (χ4n) is 2.47. The first-order valence-corrected chi connectivity index (χ1v) is 9.74. The second kappa shape index (κ2) is 9.70. The minimum atomic E-state index is -0.459. The Bertz CT molecular complexity index is 924. The first-order chi connectivity index (χ1) is 13.7. The van der Waals surface area contributed by atoms with Crippen LogP contribution >= 0.6 is 11.3 Å². The van der Waals surface area contributed by atoms with E-state index in [0.717, 1.165) is 15.2 Å². The third kappa shape index (κ3) is 5.43. The van der Waals surface area contributed by atoms with Crippen molar-refractivity contribution >= 4 is 33.4 Å². The molecule has 1 aromatic heterocycles. The van der Waals surface area contributed by atoms with Crippen molar-refractivity contribution in [1.29, 1.82) is 0 Å². The van der Waals surface area contributed by atoms with Crippen molar-refractivity contribution < 1.29 is 19.1 Å². The maximum Gasteiger partial charge on any atom is 0.276 e. The lowest BCUT2D eigenvalue weighted by Gasteiger charge is -2.12. The number of thiazole rings is 1. The van der Waals surface area contributed by atoms with Crippen LogP contribution in [0.4, 0.5) is 0 Å². The maximum absolute atomic E-state index is 11.9. The van der Waals surface area contributed by atoms with Crippen LogP contribution < -0.4 is 20.3 Å². The molecule has 0 radical (unpaired) electrons. The molecule has 0 fully saturated rings. The predicted octanol–water partition coefficient (Wildman–Crippen LogP) is 2.85. The van der Waals surface area contributed by atoms with E-state index in [1.807, 2.05) is 37.3 Å². The van der Waals surface area contributed by atoms with Crippen molar-refractivity contribution in [2.45, 2.75) is 19.8 Å². The SMILES string of the molecule is CCOc1ccccc1OCC(=O)NNC(=O)CCc1nc2ccccc2s1. The van der Waals surface area contributed by atoms with Gasteiger partial charge in [0, 0.05) is 12.8 Å². The van der Waals surface area contributed by atoms with E-state index in [-0.39, 0.29) is 18.9 Å². The number of aryl methyl sites for hydroxylation is 1. The van der Waals surface area contributed by atoms with E-state index in [4.69, 9.17) is 9.47 Å². The number of carbonyl (C=O) groups excluding carboxylic acids is 2. The Labute approximate surface area is 166 Å². The lowest BCUT2D eigenvalue weighted by Crippen LogP contribution is -2.43. The van der Waals surface area contributed by atoms with Crippen molar-refractivity contribution in [3.05, 3.63) is 53.5 Å². The zero-order chi connectivity index (χ0) is 19.8. The van der Waals surface area contributed by atoms with Gasteiger partial charge in [-0.05, 0) is 31.2 Å². The van der Waals surface area contributed by atoms with Gasteiger partial charge in [-0.1, -0.05) is 24.3 Å². The average molecular weight is 399 g/mol. The van der Waals surface area contributed by atoms with Gasteiger partial charge in [-0.3, -0.25) is 20.4 Å². The highest BCUT2D eigenvalue weighted by Gasteiger charge is 2.10. The van der Waals surface area contributed by atoms with Gasteiger partial charge in [0.15, 0.2) is 18.1 Å². The van der Waals surface area contributed by atoms with Crippen LogP contribution in [0.5, 0.6) is 11.5 Å². The van der Waals surface area contributed by atoms with Gasteiger partial charge in [-0.2, -0.15) is 0 Å². The summed E-state index contributed by atoms with van der Waals surface area (Å²) >= 11 is 1.56. The van der Waals surface area contributed by atoms with E-state index in [1.165, 1.54) is 0 Å². The van der Waals surface area contributed by atoms with Crippen molar-refractivity contribution in [2.24, 2.45) is 0 Å². The number of rotatable bonds is 8. The van der Waals surface area contributed by atoms with E-state index >= 15 is 0 Å². The van der Waals surface area contributed by atoms with Crippen LogP contribution in [0.2, 0.25) is 0 Å². The summed E-state index contributed by atoms with van der Waals surface area (Å²) in [6.45, 7) is 2.13. The molecule has 28 heavy (non-hydrogen) atoms. The zero-order valence-corrected chi connectivity index (χ0v) is 16.3. The Morgan fingerprint density at radius 2 is 1.64 bits per heavy atom. The lowest BCUT2D eigenvalue weighted by atomic mass is 10.3. The number of amides is 2. The summed E-state index contributed by atoms with van der Waals surface area (Å²) in [6.07, 6.45) is 0.743. The molecule has 2 aromatic carbocycles. The number of para-hydroxylation sites is 3. The predicted molar refractivity (Wildman–Crippen MR) is 107 cm³/mol. The molecule has 2 amide bonds. The van der Waals surface area contributed by atoms with E-state index in [9.17, 15) is 9.59 Å². The molecule has 0 bridgehead atoms. The molecule has 0 unspecified atom stereocenters. The van der Waals surface area contributed by atoms with E-state index in [1.54, 1.807) is 29.5 Å². The van der Waals surface area contributed by atoms with E-state index < -0.39 is 5.91 Å². The number of hydrazine groups is 1. The van der Waals surface area contributed by atoms with Crippen LogP contribution in [0.15, 0.2) is 48.5 Å². The molecule has 8 heteroatoms. The smallest absolute Gasteiger partial charge is 0.276 e. The van der Waals surface area contributed by atoms with Gasteiger partial charge in [0.25, 0.3) is 5.91 Å². The third-order valence-corrected chi connectivity index (χ3v) is 4.85. The molecule has 0 aliphatic rings. The van der Waals surface area contributed by atoms with Gasteiger partial charge >= 0.3 is 0 Å². The molecule has 3 rings (SSSR count). The van der Waals surface area contributed by atoms with Gasteiger partial charge in [-0.25, -0.2) is 4.98 Å². The number of benzene rings is 2. The molecule has 7 nitrogen and oxygen atoms in total. The summed E-state index contributed by atoms with van der Waals surface area (Å²) in [7, 11) is 0. The molecule has 2 N–H and O–H groups in total. The molecular weight excluding hydrogens is 378 g/mol. The molecular formula is C20H21N3O4S. The van der Waals surface area contributed by atoms with Gasteiger partial charge in [-0.15, -0.1) is 11.3 Å². The van der Waals surface area contributed by atoms with Crippen LogP contribution in [0, 0.1) is 0 Å². The van der Waals surface area contributed by atoms with Crippen LogP contribution in [-0.2, 0) is 16.0 Å². The van der Waals surface area contributed by atoms with Gasteiger partial charge in [0.2, 0.25) is 5.91 Å². The number of aromatic nitrogens is 1. The third-order valence-electron chi connectivity index (χ3n) is 3.75. The van der Waals surface area contributed by atoms with Crippen molar-refractivity contribution in [1.82, 2.24) is 15.8 Å². The topological polar surface area (TPSA) is 89.5 Å². The first kappa shape index (κ1) is 19.6. The minimum absolute atomic E-state index is 0.230. The Morgan fingerprint density at radius 1 is 0.964 bits per heavy atom. The molecule has 0 aliphatic carbocycles. The average Bonchev–Trinajstić information content (AvgIpc) is 3.13. The summed E-state index contributed by atoms with van der Waals surface area (Å²) < 4.78 is 12.0. The fourth-order valence-corrected chi connectivity index (χ4v) is 3.44. The van der Waals surface area contributed by atoms with E-state index in [2.05, 4.69) is 15.8 Å². The first-order valence-electron chi connectivity index (χ1n) is 8.92. The maximum atomic E-state index is 11.9. The summed E-state index contributed by atoms with van der Waals surface area (Å²) in [5.41, 5.74) is 5.67. The number of nitrogens with one attached hydrogen (secondary N) is 2. The second-order valence-corrected chi connectivity index (χ2v) is 6.96. The molecule has 0 saturated carbocycles. The van der Waals surface area contributed by atoms with Crippen LogP contribution in [0.3, 0.4) is 0 Å². The van der Waals surface area contributed by atoms with Crippen LogP contribution in [0.1, 0.15) is 18.4 Å². The highest BCUT2D eigenvalue weighted by molar-refractivity contribution is 7.18. The van der Waals surface area contributed by atoms with E-state index in [0.29, 0.717) is 24.5 Å². The molecule has 0 spiro atoms. The quantitative estimate of drug-likeness (QED) is 0.569. The number of ether oxygens (including phenoxy) is 2. The van der Waals surface area contributed by atoms with Crippen molar-refractivity contribution in [3.63, 3.8) is 0 Å². The number of hydrogen-bond donors (Lipinski definition) is 2. The molecule has 1 heterocycles. The summed E-state index contributed by atoms with van der Waals surface area (Å²) in [4.78, 5) is 28.3. The highest BCUT2D eigenvalue weighted by atomic mass is 32.1. The number of carbonyl (C=O) groups is 2. The monoisotopic (exact) mass is 399 g/mol. The Kier molecular flexibility index (Phi) is 6.80. The largest absolute Gasteiger partial charge is 0.490 e. The molecule has 3 aromatic rings. The van der Waals surface area contributed by atoms with Crippen molar-refractivity contribution in [3.8, 4) is 11.5 Å².